The van der Waals surface area contributed by atoms with Gasteiger partial charge in [0.1, 0.15) is 0 Å². The second kappa shape index (κ2) is 3.30. The molecule has 0 aromatic heterocycles. The molecule has 0 saturated carbocycles. The van der Waals surface area contributed by atoms with Gasteiger partial charge in [0.05, 0.1) is 19.3 Å². The Kier molecular flexibility index (Phi) is 2.16. The molecule has 2 aliphatic heterocycles. The zero-order valence-corrected chi connectivity index (χ0v) is 9.36. The van der Waals surface area contributed by atoms with Gasteiger partial charge < -0.3 is 14.2 Å². The van der Waals surface area contributed by atoms with Crippen LogP contribution in [-0.4, -0.2) is 31.7 Å². The van der Waals surface area contributed by atoms with Gasteiger partial charge in [-0.25, -0.2) is 0 Å². The van der Waals surface area contributed by atoms with Crippen LogP contribution in [0, 0.1) is 11.8 Å². The van der Waals surface area contributed by atoms with E-state index in [-0.39, 0.29) is 0 Å². The van der Waals surface area contributed by atoms with E-state index in [9.17, 15) is 0 Å². The van der Waals surface area contributed by atoms with Crippen molar-refractivity contribution < 1.29 is 14.2 Å². The Hall–Kier alpha value is -0.380. The summed E-state index contributed by atoms with van der Waals surface area (Å²) >= 11 is 0. The third-order valence-electron chi connectivity index (χ3n) is 3.75. The van der Waals surface area contributed by atoms with Gasteiger partial charge in [0.25, 0.3) is 0 Å². The topological polar surface area (TPSA) is 27.7 Å². The Morgan fingerprint density at radius 1 is 1.33 bits per heavy atom. The summed E-state index contributed by atoms with van der Waals surface area (Å²) in [7, 11) is 0. The quantitative estimate of drug-likeness (QED) is 0.570. The summed E-state index contributed by atoms with van der Waals surface area (Å²) in [5, 5.41) is 0. The summed E-state index contributed by atoms with van der Waals surface area (Å²) in [5.74, 6) is 0.733. The summed E-state index contributed by atoms with van der Waals surface area (Å²) in [5.41, 5.74) is 1.38. The second-order valence-corrected chi connectivity index (χ2v) is 5.14. The molecule has 84 valence electrons. The van der Waals surface area contributed by atoms with E-state index in [1.165, 1.54) is 12.0 Å². The number of hydrogen-bond acceptors (Lipinski definition) is 3. The summed E-state index contributed by atoms with van der Waals surface area (Å²) in [6, 6.07) is 0. The minimum absolute atomic E-state index is 0.332. The highest BCUT2D eigenvalue weighted by molar-refractivity contribution is 5.22. The van der Waals surface area contributed by atoms with Crippen molar-refractivity contribution in [2.24, 2.45) is 11.8 Å². The summed E-state index contributed by atoms with van der Waals surface area (Å²) in [6.45, 7) is 6.35. The van der Waals surface area contributed by atoms with E-state index in [4.69, 9.17) is 14.2 Å². The molecule has 3 nitrogen and oxygen atoms in total. The summed E-state index contributed by atoms with van der Waals surface area (Å²) in [6.07, 6.45) is 3.75. The van der Waals surface area contributed by atoms with Crippen molar-refractivity contribution in [1.82, 2.24) is 0 Å². The minimum Gasteiger partial charge on any atom is -0.374 e. The predicted molar refractivity (Wildman–Crippen MR) is 55.4 cm³/mol. The molecule has 3 rings (SSSR count). The maximum Gasteiger partial charge on any atom is 0.163 e. The third kappa shape index (κ3) is 1.63. The number of rotatable bonds is 0. The first kappa shape index (κ1) is 9.82. The van der Waals surface area contributed by atoms with E-state index >= 15 is 0 Å². The smallest absolute Gasteiger partial charge is 0.163 e. The third-order valence-corrected chi connectivity index (χ3v) is 3.75. The van der Waals surface area contributed by atoms with Crippen molar-refractivity contribution in [3.63, 3.8) is 0 Å². The molecule has 15 heavy (non-hydrogen) atoms. The molecule has 2 fully saturated rings. The molecule has 0 N–H and O–H groups in total. The highest BCUT2D eigenvalue weighted by Crippen LogP contribution is 2.42. The van der Waals surface area contributed by atoms with Crippen molar-refractivity contribution in [1.29, 1.82) is 0 Å². The molecule has 0 aromatic rings. The molecule has 3 heteroatoms. The van der Waals surface area contributed by atoms with Gasteiger partial charge in [-0.05, 0) is 31.8 Å². The van der Waals surface area contributed by atoms with Crippen LogP contribution in [0.2, 0.25) is 0 Å². The van der Waals surface area contributed by atoms with Gasteiger partial charge >= 0.3 is 0 Å². The van der Waals surface area contributed by atoms with E-state index in [0.29, 0.717) is 24.5 Å². The van der Waals surface area contributed by atoms with E-state index in [1.807, 2.05) is 13.8 Å². The fourth-order valence-corrected chi connectivity index (χ4v) is 2.81. The minimum atomic E-state index is -0.430. The SMILES string of the molecule is CC1(C)OCC2=C[C@@H]3OCC[C@@H]3[C@H]2CO1. The molecule has 0 amide bonds. The lowest BCUT2D eigenvalue weighted by Crippen LogP contribution is -2.28. The first-order chi connectivity index (χ1) is 7.16. The molecule has 3 atom stereocenters. The van der Waals surface area contributed by atoms with Crippen LogP contribution in [0.25, 0.3) is 0 Å². The highest BCUT2D eigenvalue weighted by Gasteiger charge is 2.43. The lowest BCUT2D eigenvalue weighted by molar-refractivity contribution is -0.201. The van der Waals surface area contributed by atoms with Gasteiger partial charge in [-0.15, -0.1) is 0 Å². The van der Waals surface area contributed by atoms with Crippen LogP contribution in [0.1, 0.15) is 20.3 Å². The van der Waals surface area contributed by atoms with Crippen LogP contribution in [-0.2, 0) is 14.2 Å². The highest BCUT2D eigenvalue weighted by atomic mass is 16.7. The fraction of sp³-hybridized carbons (Fsp3) is 0.833. The number of hydrogen-bond donors (Lipinski definition) is 0. The zero-order chi connectivity index (χ0) is 10.5. The number of fused-ring (bicyclic) bond motifs is 3. The van der Waals surface area contributed by atoms with Gasteiger partial charge in [-0.1, -0.05) is 6.08 Å². The average Bonchev–Trinajstić information content (AvgIpc) is 2.68. The Bertz CT molecular complexity index is 295. The van der Waals surface area contributed by atoms with E-state index < -0.39 is 5.79 Å². The molecule has 1 aliphatic carbocycles. The summed E-state index contributed by atoms with van der Waals surface area (Å²) < 4.78 is 17.2. The Morgan fingerprint density at radius 2 is 2.20 bits per heavy atom. The first-order valence-corrected chi connectivity index (χ1v) is 5.76. The van der Waals surface area contributed by atoms with Gasteiger partial charge in [0.2, 0.25) is 0 Å². The average molecular weight is 210 g/mol. The molecule has 0 spiro atoms. The van der Waals surface area contributed by atoms with Crippen LogP contribution >= 0.6 is 0 Å². The van der Waals surface area contributed by atoms with Gasteiger partial charge in [0, 0.05) is 12.5 Å². The van der Waals surface area contributed by atoms with Crippen molar-refractivity contribution in [2.45, 2.75) is 32.2 Å². The van der Waals surface area contributed by atoms with E-state index in [1.54, 1.807) is 0 Å². The van der Waals surface area contributed by atoms with Crippen LogP contribution < -0.4 is 0 Å². The largest absolute Gasteiger partial charge is 0.374 e. The van der Waals surface area contributed by atoms with Crippen LogP contribution in [0.3, 0.4) is 0 Å². The fourth-order valence-electron chi connectivity index (χ4n) is 2.81. The second-order valence-electron chi connectivity index (χ2n) is 5.14. The molecule has 2 heterocycles. The van der Waals surface area contributed by atoms with E-state index in [0.717, 1.165) is 13.2 Å². The van der Waals surface area contributed by atoms with Crippen LogP contribution in [0.4, 0.5) is 0 Å². The normalized spacial score (nSPS) is 43.1. The predicted octanol–water partition coefficient (Wildman–Crippen LogP) is 1.73. The van der Waals surface area contributed by atoms with E-state index in [2.05, 4.69) is 6.08 Å². The zero-order valence-electron chi connectivity index (χ0n) is 9.36. The van der Waals surface area contributed by atoms with Gasteiger partial charge in [0.15, 0.2) is 5.79 Å². The first-order valence-electron chi connectivity index (χ1n) is 5.76. The Labute approximate surface area is 90.4 Å². The molecule has 2 saturated heterocycles. The molecule has 0 bridgehead atoms. The van der Waals surface area contributed by atoms with Crippen molar-refractivity contribution in [2.75, 3.05) is 19.8 Å². The molecule has 0 radical (unpaired) electrons. The molecule has 0 unspecified atom stereocenters. The molecule has 3 aliphatic rings. The molecular formula is C12H18O3. The molecule has 0 aromatic carbocycles. The van der Waals surface area contributed by atoms with Crippen molar-refractivity contribution in [3.05, 3.63) is 11.6 Å². The van der Waals surface area contributed by atoms with Crippen LogP contribution in [0.15, 0.2) is 11.6 Å². The monoisotopic (exact) mass is 210 g/mol. The lowest BCUT2D eigenvalue weighted by atomic mass is 9.90. The standard InChI is InChI=1S/C12H18O3/c1-12(2)14-6-8-5-11-9(3-4-13-11)10(8)7-15-12/h5,9-11H,3-4,6-7H2,1-2H3/t9-,10+,11+/m1/s1. The summed E-state index contributed by atoms with van der Waals surface area (Å²) in [4.78, 5) is 0. The van der Waals surface area contributed by atoms with Crippen molar-refractivity contribution in [3.8, 4) is 0 Å². The number of ether oxygens (including phenoxy) is 3. The Morgan fingerprint density at radius 3 is 3.07 bits per heavy atom. The van der Waals surface area contributed by atoms with Gasteiger partial charge in [-0.2, -0.15) is 0 Å². The van der Waals surface area contributed by atoms with Gasteiger partial charge in [-0.3, -0.25) is 0 Å². The van der Waals surface area contributed by atoms with Crippen LogP contribution in [0.5, 0.6) is 0 Å². The van der Waals surface area contributed by atoms with Crippen molar-refractivity contribution >= 4 is 0 Å². The maximum absolute atomic E-state index is 5.79. The molecular weight excluding hydrogens is 192 g/mol. The Balaban J connectivity index is 1.81. The maximum atomic E-state index is 5.79. The lowest BCUT2D eigenvalue weighted by Gasteiger charge is -2.24.